The number of rotatable bonds is 8. The molecule has 8 nitrogen and oxygen atoms in total. The Morgan fingerprint density at radius 2 is 2.04 bits per heavy atom. The van der Waals surface area contributed by atoms with Crippen molar-refractivity contribution < 1.29 is 9.53 Å². The summed E-state index contributed by atoms with van der Waals surface area (Å²) in [7, 11) is 1.57. The molecule has 3 N–H and O–H groups in total. The zero-order valence-corrected chi connectivity index (χ0v) is 16.4. The lowest BCUT2D eigenvalue weighted by Crippen LogP contribution is -2.14. The average molecular weight is 417 g/mol. The van der Waals surface area contributed by atoms with Crippen LogP contribution in [-0.2, 0) is 0 Å². The summed E-state index contributed by atoms with van der Waals surface area (Å²) in [4.78, 5) is 12.3. The smallest absolute Gasteiger partial charge is 0.264 e. The number of ketones is 1. The first-order valence-corrected chi connectivity index (χ1v) is 9.49. The topological polar surface area (TPSA) is 107 Å². The van der Waals surface area contributed by atoms with Crippen LogP contribution in [0.4, 0.5) is 5.95 Å². The Morgan fingerprint density at radius 3 is 2.75 bits per heavy atom. The molecular formula is C18H17ClN6O2S. The van der Waals surface area contributed by atoms with Crippen molar-refractivity contribution in [2.75, 3.05) is 24.1 Å². The predicted octanol–water partition coefficient (Wildman–Crippen LogP) is 3.07. The van der Waals surface area contributed by atoms with Crippen LogP contribution in [0.25, 0.3) is 0 Å². The van der Waals surface area contributed by atoms with Gasteiger partial charge in [-0.2, -0.15) is 5.10 Å². The molecule has 0 saturated carbocycles. The van der Waals surface area contributed by atoms with Crippen LogP contribution in [0.3, 0.4) is 0 Å². The van der Waals surface area contributed by atoms with Gasteiger partial charge in [0.2, 0.25) is 5.16 Å². The van der Waals surface area contributed by atoms with E-state index in [1.807, 2.05) is 18.2 Å². The van der Waals surface area contributed by atoms with Gasteiger partial charge in [-0.05, 0) is 30.3 Å². The van der Waals surface area contributed by atoms with Crippen molar-refractivity contribution in [1.82, 2.24) is 14.9 Å². The summed E-state index contributed by atoms with van der Waals surface area (Å²) in [5, 5.41) is 12.9. The summed E-state index contributed by atoms with van der Waals surface area (Å²) in [6.07, 6.45) is 1.55. The highest BCUT2D eigenvalue weighted by Gasteiger charge is 2.13. The molecule has 0 aliphatic rings. The maximum absolute atomic E-state index is 12.3. The Labute approximate surface area is 170 Å². The number of nitrogens with two attached hydrogens (primary N) is 1. The Morgan fingerprint density at radius 1 is 1.29 bits per heavy atom. The van der Waals surface area contributed by atoms with Crippen molar-refractivity contribution in [1.29, 1.82) is 0 Å². The van der Waals surface area contributed by atoms with E-state index >= 15 is 0 Å². The van der Waals surface area contributed by atoms with Crippen LogP contribution in [0.1, 0.15) is 15.9 Å². The highest BCUT2D eigenvalue weighted by Crippen LogP contribution is 2.19. The standard InChI is InChI=1S/C18H17ClN6O2S/c1-27-14-8-6-12(7-9-14)16(26)11-28-18-24-23-17(25(18)20)22-21-10-13-4-2-3-5-15(13)19/h2-10H,11,20H2,1H3,(H,22,23)/b21-10+. The van der Waals surface area contributed by atoms with Crippen LogP contribution in [0, 0.1) is 0 Å². The second-order valence-corrected chi connectivity index (χ2v) is 6.86. The number of hydrogen-bond acceptors (Lipinski definition) is 8. The molecule has 0 radical (unpaired) electrons. The van der Waals surface area contributed by atoms with E-state index in [1.54, 1.807) is 43.7 Å². The first-order valence-electron chi connectivity index (χ1n) is 8.12. The van der Waals surface area contributed by atoms with Gasteiger partial charge in [0.1, 0.15) is 5.75 Å². The molecule has 0 amide bonds. The molecule has 0 unspecified atom stereocenters. The summed E-state index contributed by atoms with van der Waals surface area (Å²) in [6, 6.07) is 14.2. The van der Waals surface area contributed by atoms with Gasteiger partial charge in [0, 0.05) is 16.1 Å². The molecule has 0 saturated heterocycles. The minimum Gasteiger partial charge on any atom is -0.497 e. The minimum atomic E-state index is -0.0538. The number of benzene rings is 2. The third-order valence-corrected chi connectivity index (χ3v) is 4.97. The molecule has 2 aromatic carbocycles. The van der Waals surface area contributed by atoms with Gasteiger partial charge in [0.05, 0.1) is 19.1 Å². The number of halogens is 1. The largest absolute Gasteiger partial charge is 0.497 e. The van der Waals surface area contributed by atoms with Gasteiger partial charge in [-0.15, -0.1) is 10.2 Å². The summed E-state index contributed by atoms with van der Waals surface area (Å²) in [6.45, 7) is 0. The monoisotopic (exact) mass is 416 g/mol. The SMILES string of the molecule is COc1ccc(C(=O)CSc2nnc(N/N=C/c3ccccc3Cl)n2N)cc1. The lowest BCUT2D eigenvalue weighted by atomic mass is 10.1. The Kier molecular flexibility index (Phi) is 6.51. The Balaban J connectivity index is 1.58. The number of hydrazone groups is 1. The van der Waals surface area contributed by atoms with Crippen LogP contribution >= 0.6 is 23.4 Å². The molecule has 0 spiro atoms. The van der Waals surface area contributed by atoms with E-state index in [4.69, 9.17) is 22.2 Å². The molecular weight excluding hydrogens is 400 g/mol. The van der Waals surface area contributed by atoms with Crippen molar-refractivity contribution >= 4 is 41.3 Å². The average Bonchev–Trinajstić information content (AvgIpc) is 3.07. The number of carbonyl (C=O) groups is 1. The van der Waals surface area contributed by atoms with E-state index in [9.17, 15) is 4.79 Å². The molecule has 1 heterocycles. The first-order chi connectivity index (χ1) is 13.6. The maximum atomic E-state index is 12.3. The highest BCUT2D eigenvalue weighted by molar-refractivity contribution is 7.99. The van der Waals surface area contributed by atoms with Gasteiger partial charge in [0.25, 0.3) is 5.95 Å². The Bertz CT molecular complexity index is 990. The van der Waals surface area contributed by atoms with Crippen LogP contribution in [0.2, 0.25) is 5.02 Å². The molecule has 3 aromatic rings. The normalized spacial score (nSPS) is 10.9. The van der Waals surface area contributed by atoms with Crippen molar-refractivity contribution in [3.05, 3.63) is 64.7 Å². The van der Waals surface area contributed by atoms with Gasteiger partial charge < -0.3 is 10.6 Å². The first kappa shape index (κ1) is 19.7. The number of aromatic nitrogens is 3. The summed E-state index contributed by atoms with van der Waals surface area (Å²) >= 11 is 7.24. The fourth-order valence-electron chi connectivity index (χ4n) is 2.18. The third-order valence-electron chi connectivity index (χ3n) is 3.68. The second-order valence-electron chi connectivity index (χ2n) is 5.51. The number of nitrogens with zero attached hydrogens (tertiary/aromatic N) is 4. The van der Waals surface area contributed by atoms with Gasteiger partial charge in [-0.3, -0.25) is 4.79 Å². The number of carbonyl (C=O) groups excluding carboxylic acids is 1. The molecule has 0 bridgehead atoms. The van der Waals surface area contributed by atoms with E-state index in [2.05, 4.69) is 20.7 Å². The van der Waals surface area contributed by atoms with Gasteiger partial charge >= 0.3 is 0 Å². The molecule has 0 aliphatic heterocycles. The molecule has 0 fully saturated rings. The van der Waals surface area contributed by atoms with E-state index in [0.29, 0.717) is 21.5 Å². The molecule has 10 heteroatoms. The number of Topliss-reactive ketones (excluding diaryl/α,β-unsaturated/α-hetero) is 1. The summed E-state index contributed by atoms with van der Waals surface area (Å²) in [5.41, 5.74) is 4.04. The van der Waals surface area contributed by atoms with Crippen LogP contribution < -0.4 is 16.0 Å². The highest BCUT2D eigenvalue weighted by atomic mass is 35.5. The molecule has 28 heavy (non-hydrogen) atoms. The molecule has 144 valence electrons. The van der Waals surface area contributed by atoms with E-state index in [1.165, 1.54) is 16.4 Å². The number of hydrogen-bond donors (Lipinski definition) is 2. The van der Waals surface area contributed by atoms with Crippen LogP contribution in [0.15, 0.2) is 58.8 Å². The zero-order valence-electron chi connectivity index (χ0n) is 14.9. The van der Waals surface area contributed by atoms with Crippen molar-refractivity contribution in [3.8, 4) is 5.75 Å². The fraction of sp³-hybridized carbons (Fsp3) is 0.111. The zero-order chi connectivity index (χ0) is 19.9. The number of thioether (sulfide) groups is 1. The third kappa shape index (κ3) is 4.81. The molecule has 3 rings (SSSR count). The number of nitrogen functional groups attached to an aromatic ring is 1. The predicted molar refractivity (Wildman–Crippen MR) is 111 cm³/mol. The lowest BCUT2D eigenvalue weighted by molar-refractivity contribution is 0.102. The van der Waals surface area contributed by atoms with Crippen LogP contribution in [0.5, 0.6) is 5.75 Å². The molecule has 1 aromatic heterocycles. The molecule has 0 atom stereocenters. The fourth-order valence-corrected chi connectivity index (χ4v) is 3.12. The van der Waals surface area contributed by atoms with E-state index in [-0.39, 0.29) is 17.5 Å². The number of anilines is 1. The number of ether oxygens (including phenoxy) is 1. The number of nitrogens with one attached hydrogen (secondary N) is 1. The van der Waals surface area contributed by atoms with E-state index < -0.39 is 0 Å². The van der Waals surface area contributed by atoms with Crippen molar-refractivity contribution in [2.24, 2.45) is 5.10 Å². The van der Waals surface area contributed by atoms with Gasteiger partial charge in [-0.1, -0.05) is 41.6 Å². The van der Waals surface area contributed by atoms with Crippen molar-refractivity contribution in [3.63, 3.8) is 0 Å². The Hall–Kier alpha value is -3.04. The summed E-state index contributed by atoms with van der Waals surface area (Å²) < 4.78 is 6.32. The summed E-state index contributed by atoms with van der Waals surface area (Å²) in [5.74, 6) is 7.01. The molecule has 0 aliphatic carbocycles. The second kappa shape index (κ2) is 9.25. The van der Waals surface area contributed by atoms with Gasteiger partial charge in [0.15, 0.2) is 5.78 Å². The van der Waals surface area contributed by atoms with E-state index in [0.717, 1.165) is 5.56 Å². The van der Waals surface area contributed by atoms with Gasteiger partial charge in [-0.25, -0.2) is 10.1 Å². The minimum absolute atomic E-state index is 0.0538. The quantitative estimate of drug-likeness (QED) is 0.191. The maximum Gasteiger partial charge on any atom is 0.264 e. The lowest BCUT2D eigenvalue weighted by Gasteiger charge is -2.04. The number of methoxy groups -OCH3 is 1. The van der Waals surface area contributed by atoms with Crippen LogP contribution in [-0.4, -0.2) is 39.7 Å². The van der Waals surface area contributed by atoms with Crippen molar-refractivity contribution in [2.45, 2.75) is 5.16 Å².